The van der Waals surface area contributed by atoms with Gasteiger partial charge in [-0.3, -0.25) is 4.79 Å². The van der Waals surface area contributed by atoms with Crippen LogP contribution in [0.4, 0.5) is 0 Å². The summed E-state index contributed by atoms with van der Waals surface area (Å²) >= 11 is 0. The zero-order chi connectivity index (χ0) is 13.7. The maximum Gasteiger partial charge on any atom is 0.227 e. The van der Waals surface area contributed by atoms with Crippen LogP contribution >= 0.6 is 0 Å². The molecule has 0 atom stereocenters. The van der Waals surface area contributed by atoms with Crippen LogP contribution in [0.3, 0.4) is 0 Å². The average Bonchev–Trinajstić information content (AvgIpc) is 2.42. The van der Waals surface area contributed by atoms with Crippen molar-refractivity contribution in [3.8, 4) is 0 Å². The van der Waals surface area contributed by atoms with E-state index in [1.165, 1.54) is 5.56 Å². The van der Waals surface area contributed by atoms with E-state index in [1.807, 2.05) is 17.0 Å². The van der Waals surface area contributed by atoms with Crippen molar-refractivity contribution in [1.82, 2.24) is 10.2 Å². The molecule has 0 bridgehead atoms. The van der Waals surface area contributed by atoms with E-state index < -0.39 is 0 Å². The summed E-state index contributed by atoms with van der Waals surface area (Å²) in [4.78, 5) is 14.3. The van der Waals surface area contributed by atoms with Crippen LogP contribution in [0.2, 0.25) is 0 Å². The Bertz CT molecular complexity index is 423. The summed E-state index contributed by atoms with van der Waals surface area (Å²) in [6, 6.07) is 8.74. The Morgan fingerprint density at radius 3 is 2.63 bits per heavy atom. The Kier molecular flexibility index (Phi) is 4.97. The molecule has 2 rings (SSSR count). The summed E-state index contributed by atoms with van der Waals surface area (Å²) in [6.45, 7) is 7.00. The Labute approximate surface area is 116 Å². The highest BCUT2D eigenvalue weighted by Crippen LogP contribution is 2.14. The van der Waals surface area contributed by atoms with Crippen molar-refractivity contribution in [2.75, 3.05) is 19.6 Å². The molecule has 1 fully saturated rings. The normalized spacial score (nSPS) is 16.6. The summed E-state index contributed by atoms with van der Waals surface area (Å²) in [7, 11) is 0. The van der Waals surface area contributed by atoms with Crippen molar-refractivity contribution in [2.24, 2.45) is 0 Å². The molecule has 0 radical (unpaired) electrons. The molecule has 1 aliphatic rings. The summed E-state index contributed by atoms with van der Waals surface area (Å²) in [5, 5.41) is 3.46. The molecule has 1 amide bonds. The Balaban J connectivity index is 1.87. The summed E-state index contributed by atoms with van der Waals surface area (Å²) in [5.41, 5.74) is 2.36. The smallest absolute Gasteiger partial charge is 0.227 e. The van der Waals surface area contributed by atoms with Crippen LogP contribution in [-0.2, 0) is 11.2 Å². The number of benzene rings is 1. The first-order valence-corrected chi connectivity index (χ1v) is 7.26. The first-order chi connectivity index (χ1) is 9.20. The quantitative estimate of drug-likeness (QED) is 0.899. The number of carbonyl (C=O) groups is 1. The molecule has 1 saturated heterocycles. The molecule has 104 valence electrons. The monoisotopic (exact) mass is 260 g/mol. The summed E-state index contributed by atoms with van der Waals surface area (Å²) in [6.07, 6.45) is 2.69. The van der Waals surface area contributed by atoms with Gasteiger partial charge in [0.1, 0.15) is 0 Å². The van der Waals surface area contributed by atoms with Crippen molar-refractivity contribution >= 4 is 5.91 Å². The second-order valence-electron chi connectivity index (χ2n) is 5.32. The number of nitrogens with zero attached hydrogens (tertiary/aromatic N) is 1. The second kappa shape index (κ2) is 6.71. The minimum atomic E-state index is 0.268. The molecule has 1 N–H and O–H groups in total. The van der Waals surface area contributed by atoms with Gasteiger partial charge in [-0.25, -0.2) is 0 Å². The lowest BCUT2D eigenvalue weighted by Gasteiger charge is -2.32. The zero-order valence-electron chi connectivity index (χ0n) is 12.0. The molecular formula is C16H24N2O. The second-order valence-corrected chi connectivity index (χ2v) is 5.32. The Hall–Kier alpha value is -1.35. The summed E-state index contributed by atoms with van der Waals surface area (Å²) < 4.78 is 0. The highest BCUT2D eigenvalue weighted by molar-refractivity contribution is 5.79. The van der Waals surface area contributed by atoms with Crippen LogP contribution in [-0.4, -0.2) is 36.5 Å². The molecule has 0 unspecified atom stereocenters. The SMILES string of the molecule is CCNC1CCN(C(=O)Cc2ccccc2C)CC1. The lowest BCUT2D eigenvalue weighted by Crippen LogP contribution is -2.45. The van der Waals surface area contributed by atoms with Crippen molar-refractivity contribution in [3.05, 3.63) is 35.4 Å². The molecule has 1 aliphatic heterocycles. The topological polar surface area (TPSA) is 32.3 Å². The van der Waals surface area contributed by atoms with E-state index in [2.05, 4.69) is 31.3 Å². The Morgan fingerprint density at radius 2 is 2.00 bits per heavy atom. The number of rotatable bonds is 4. The highest BCUT2D eigenvalue weighted by Gasteiger charge is 2.22. The van der Waals surface area contributed by atoms with Gasteiger partial charge in [-0.15, -0.1) is 0 Å². The zero-order valence-corrected chi connectivity index (χ0v) is 12.0. The van der Waals surface area contributed by atoms with Crippen LogP contribution < -0.4 is 5.32 Å². The maximum atomic E-state index is 12.3. The molecule has 1 heterocycles. The van der Waals surface area contributed by atoms with Crippen molar-refractivity contribution in [1.29, 1.82) is 0 Å². The van der Waals surface area contributed by atoms with Gasteiger partial charge >= 0.3 is 0 Å². The predicted molar refractivity (Wildman–Crippen MR) is 78.2 cm³/mol. The maximum absolute atomic E-state index is 12.3. The minimum absolute atomic E-state index is 0.268. The van der Waals surface area contributed by atoms with E-state index in [1.54, 1.807) is 0 Å². The first-order valence-electron chi connectivity index (χ1n) is 7.26. The number of amides is 1. The third-order valence-corrected chi connectivity index (χ3v) is 3.94. The number of nitrogens with one attached hydrogen (secondary N) is 1. The van der Waals surface area contributed by atoms with Gasteiger partial charge in [-0.05, 0) is 37.4 Å². The molecule has 0 aliphatic carbocycles. The van der Waals surface area contributed by atoms with Gasteiger partial charge in [0.25, 0.3) is 0 Å². The van der Waals surface area contributed by atoms with Gasteiger partial charge < -0.3 is 10.2 Å². The van der Waals surface area contributed by atoms with Crippen LogP contribution in [0.1, 0.15) is 30.9 Å². The number of hydrogen-bond acceptors (Lipinski definition) is 2. The Morgan fingerprint density at radius 1 is 1.32 bits per heavy atom. The van der Waals surface area contributed by atoms with Gasteiger partial charge in [0.15, 0.2) is 0 Å². The number of aryl methyl sites for hydroxylation is 1. The first kappa shape index (κ1) is 14.1. The summed E-state index contributed by atoms with van der Waals surface area (Å²) in [5.74, 6) is 0.268. The molecule has 3 nitrogen and oxygen atoms in total. The standard InChI is InChI=1S/C16H24N2O/c1-3-17-15-8-10-18(11-9-15)16(19)12-14-7-5-4-6-13(14)2/h4-7,15,17H,3,8-12H2,1-2H3. The molecule has 0 saturated carbocycles. The lowest BCUT2D eigenvalue weighted by molar-refractivity contribution is -0.131. The largest absolute Gasteiger partial charge is 0.342 e. The van der Waals surface area contributed by atoms with Crippen LogP contribution in [0, 0.1) is 6.92 Å². The van der Waals surface area contributed by atoms with Crippen molar-refractivity contribution in [2.45, 2.75) is 39.2 Å². The van der Waals surface area contributed by atoms with E-state index >= 15 is 0 Å². The number of piperidine rings is 1. The molecule has 0 spiro atoms. The number of likely N-dealkylation sites (tertiary alicyclic amines) is 1. The fourth-order valence-electron chi connectivity index (χ4n) is 2.70. The third kappa shape index (κ3) is 3.80. The fraction of sp³-hybridized carbons (Fsp3) is 0.562. The molecule has 1 aromatic rings. The van der Waals surface area contributed by atoms with Crippen LogP contribution in [0.5, 0.6) is 0 Å². The fourth-order valence-corrected chi connectivity index (χ4v) is 2.70. The van der Waals surface area contributed by atoms with Gasteiger partial charge in [0, 0.05) is 19.1 Å². The van der Waals surface area contributed by atoms with E-state index in [4.69, 9.17) is 0 Å². The predicted octanol–water partition coefficient (Wildman–Crippen LogP) is 2.14. The van der Waals surface area contributed by atoms with Gasteiger partial charge in [0.2, 0.25) is 5.91 Å². The molecule has 1 aromatic carbocycles. The van der Waals surface area contributed by atoms with E-state index in [0.717, 1.165) is 38.0 Å². The highest BCUT2D eigenvalue weighted by atomic mass is 16.2. The van der Waals surface area contributed by atoms with Crippen LogP contribution in [0.25, 0.3) is 0 Å². The van der Waals surface area contributed by atoms with Gasteiger partial charge in [0.05, 0.1) is 6.42 Å². The molecule has 3 heteroatoms. The number of hydrogen-bond donors (Lipinski definition) is 1. The van der Waals surface area contributed by atoms with Crippen LogP contribution in [0.15, 0.2) is 24.3 Å². The van der Waals surface area contributed by atoms with Gasteiger partial charge in [-0.2, -0.15) is 0 Å². The average molecular weight is 260 g/mol. The number of carbonyl (C=O) groups excluding carboxylic acids is 1. The minimum Gasteiger partial charge on any atom is -0.342 e. The van der Waals surface area contributed by atoms with E-state index in [-0.39, 0.29) is 5.91 Å². The molecule has 0 aromatic heterocycles. The molecule has 19 heavy (non-hydrogen) atoms. The molecular weight excluding hydrogens is 236 g/mol. The van der Waals surface area contributed by atoms with Crippen molar-refractivity contribution in [3.63, 3.8) is 0 Å². The lowest BCUT2D eigenvalue weighted by atomic mass is 10.0. The van der Waals surface area contributed by atoms with E-state index in [9.17, 15) is 4.79 Å². The van der Waals surface area contributed by atoms with Gasteiger partial charge in [-0.1, -0.05) is 31.2 Å². The third-order valence-electron chi connectivity index (χ3n) is 3.94. The van der Waals surface area contributed by atoms with E-state index in [0.29, 0.717) is 12.5 Å². The van der Waals surface area contributed by atoms with Crippen molar-refractivity contribution < 1.29 is 4.79 Å².